The van der Waals surface area contributed by atoms with Crippen molar-refractivity contribution in [2.75, 3.05) is 0 Å². The van der Waals surface area contributed by atoms with Crippen LogP contribution >= 0.6 is 0 Å². The zero-order valence-electron chi connectivity index (χ0n) is 8.98. The Balaban J connectivity index is 0.00000128. The Kier molecular flexibility index (Phi) is 3.79. The summed E-state index contributed by atoms with van der Waals surface area (Å²) in [6, 6.07) is 7.27. The Morgan fingerprint density at radius 3 is 2.62 bits per heavy atom. The molecule has 16 heavy (non-hydrogen) atoms. The maximum atomic E-state index is 10.9. The zero-order valence-corrected chi connectivity index (χ0v) is 11.1. The maximum absolute atomic E-state index is 10.9. The summed E-state index contributed by atoms with van der Waals surface area (Å²) in [4.78, 5) is 10.6. The molecular formula is C11H11IN2O2. The van der Waals surface area contributed by atoms with E-state index in [0.717, 1.165) is 5.52 Å². The molecule has 0 spiro atoms. The smallest absolute Gasteiger partial charge is 0.286 e. The van der Waals surface area contributed by atoms with Crippen LogP contribution in [0.5, 0.6) is 0 Å². The number of nitro groups is 1. The third kappa shape index (κ3) is 1.99. The fraction of sp³-hybridized carbons (Fsp3) is 0.182. The van der Waals surface area contributed by atoms with Crippen molar-refractivity contribution in [3.8, 4) is 0 Å². The predicted molar refractivity (Wildman–Crippen MR) is 56.5 cm³/mol. The molecule has 0 bridgehead atoms. The number of hydrogen-bond donors (Lipinski definition) is 0. The largest absolute Gasteiger partial charge is 1.00 e. The second kappa shape index (κ2) is 4.73. The van der Waals surface area contributed by atoms with E-state index in [4.69, 9.17) is 0 Å². The van der Waals surface area contributed by atoms with Crippen molar-refractivity contribution in [2.45, 2.75) is 6.92 Å². The highest BCUT2D eigenvalue weighted by molar-refractivity contribution is 5.87. The van der Waals surface area contributed by atoms with E-state index in [1.165, 1.54) is 0 Å². The molecule has 0 radical (unpaired) electrons. The predicted octanol–water partition coefficient (Wildman–Crippen LogP) is -1.12. The van der Waals surface area contributed by atoms with E-state index in [-0.39, 0.29) is 34.6 Å². The molecule has 0 unspecified atom stereocenters. The van der Waals surface area contributed by atoms with E-state index >= 15 is 0 Å². The molecule has 5 heteroatoms. The van der Waals surface area contributed by atoms with Gasteiger partial charge in [-0.3, -0.25) is 10.1 Å². The molecule has 2 rings (SSSR count). The van der Waals surface area contributed by atoms with Gasteiger partial charge in [0.05, 0.1) is 4.92 Å². The van der Waals surface area contributed by atoms with Crippen molar-refractivity contribution in [1.29, 1.82) is 0 Å². The minimum atomic E-state index is -0.322. The molecule has 0 saturated heterocycles. The second-order valence-corrected chi connectivity index (χ2v) is 3.54. The van der Waals surface area contributed by atoms with Crippen molar-refractivity contribution < 1.29 is 33.5 Å². The van der Waals surface area contributed by atoms with Crippen LogP contribution in [-0.2, 0) is 7.05 Å². The molecule has 0 atom stereocenters. The minimum absolute atomic E-state index is 0. The first-order chi connectivity index (χ1) is 7.11. The monoisotopic (exact) mass is 330 g/mol. The topological polar surface area (TPSA) is 47.0 Å². The molecule has 0 N–H and O–H groups in total. The first-order valence-corrected chi connectivity index (χ1v) is 4.63. The number of fused-ring (bicyclic) bond motifs is 1. The highest BCUT2D eigenvalue weighted by Crippen LogP contribution is 2.26. The summed E-state index contributed by atoms with van der Waals surface area (Å²) in [6.45, 7) is 1.75. The molecule has 2 aromatic rings. The molecule has 0 saturated carbocycles. The third-order valence-electron chi connectivity index (χ3n) is 2.53. The van der Waals surface area contributed by atoms with Crippen molar-refractivity contribution in [3.05, 3.63) is 46.1 Å². The Morgan fingerprint density at radius 1 is 1.31 bits per heavy atom. The Hall–Kier alpha value is -1.24. The first kappa shape index (κ1) is 12.8. The summed E-state index contributed by atoms with van der Waals surface area (Å²) in [7, 11) is 1.88. The van der Waals surface area contributed by atoms with Crippen LogP contribution < -0.4 is 28.5 Å². The van der Waals surface area contributed by atoms with Gasteiger partial charge < -0.3 is 24.0 Å². The summed E-state index contributed by atoms with van der Waals surface area (Å²) in [6.07, 6.45) is 1.88. The van der Waals surface area contributed by atoms with E-state index in [9.17, 15) is 10.1 Å². The van der Waals surface area contributed by atoms with Crippen LogP contribution in [0.2, 0.25) is 0 Å². The number of nitro benzene ring substituents is 1. The third-order valence-corrected chi connectivity index (χ3v) is 2.53. The van der Waals surface area contributed by atoms with Crippen molar-refractivity contribution >= 4 is 16.6 Å². The number of hydrogen-bond acceptors (Lipinski definition) is 2. The van der Waals surface area contributed by atoms with Gasteiger partial charge in [-0.1, -0.05) is 0 Å². The summed E-state index contributed by atoms with van der Waals surface area (Å²) in [5, 5.41) is 11.6. The van der Waals surface area contributed by atoms with Gasteiger partial charge in [0, 0.05) is 17.7 Å². The molecule has 4 nitrogen and oxygen atoms in total. The molecule has 0 fully saturated rings. The summed E-state index contributed by atoms with van der Waals surface area (Å²) >= 11 is 0. The van der Waals surface area contributed by atoms with Crippen LogP contribution in [0.4, 0.5) is 5.69 Å². The number of aromatic nitrogens is 1. The van der Waals surface area contributed by atoms with Gasteiger partial charge in [0.2, 0.25) is 5.52 Å². The van der Waals surface area contributed by atoms with Crippen molar-refractivity contribution in [3.63, 3.8) is 0 Å². The fourth-order valence-electron chi connectivity index (χ4n) is 1.77. The fourth-order valence-corrected chi connectivity index (χ4v) is 1.77. The molecule has 1 heterocycles. The van der Waals surface area contributed by atoms with E-state index < -0.39 is 0 Å². The molecule has 0 aliphatic rings. The number of benzene rings is 1. The molecule has 0 aliphatic heterocycles. The molecule has 0 amide bonds. The average Bonchev–Trinajstić information content (AvgIpc) is 2.17. The highest BCUT2D eigenvalue weighted by atomic mass is 127. The number of halogens is 1. The van der Waals surface area contributed by atoms with Gasteiger partial charge in [-0.25, -0.2) is 4.57 Å². The number of rotatable bonds is 1. The maximum Gasteiger partial charge on any atom is 0.286 e. The van der Waals surface area contributed by atoms with E-state index in [1.807, 2.05) is 29.9 Å². The van der Waals surface area contributed by atoms with Gasteiger partial charge in [-0.05, 0) is 19.1 Å². The van der Waals surface area contributed by atoms with Gasteiger partial charge in [-0.2, -0.15) is 0 Å². The standard InChI is InChI=1S/C11H11N2O2.HI/c1-8-5-6-10-9(11(8)13(14)15)4-3-7-12(10)2;/h3-7H,1-2H3;1H/q+1;/p-1. The van der Waals surface area contributed by atoms with E-state index in [0.29, 0.717) is 10.9 Å². The first-order valence-electron chi connectivity index (χ1n) is 4.63. The van der Waals surface area contributed by atoms with E-state index in [2.05, 4.69) is 0 Å². The molecule has 1 aromatic heterocycles. The van der Waals surface area contributed by atoms with Gasteiger partial charge in [-0.15, -0.1) is 0 Å². The quantitative estimate of drug-likeness (QED) is 0.288. The van der Waals surface area contributed by atoms with Gasteiger partial charge in [0.25, 0.3) is 5.69 Å². The lowest BCUT2D eigenvalue weighted by atomic mass is 10.1. The van der Waals surface area contributed by atoms with E-state index in [1.54, 1.807) is 19.1 Å². The van der Waals surface area contributed by atoms with Crippen LogP contribution in [0.15, 0.2) is 30.5 Å². The summed E-state index contributed by atoms with van der Waals surface area (Å²) in [5.41, 5.74) is 1.76. The normalized spacial score (nSPS) is 9.88. The molecular weight excluding hydrogens is 319 g/mol. The van der Waals surface area contributed by atoms with Crippen LogP contribution in [0, 0.1) is 17.0 Å². The molecule has 0 aliphatic carbocycles. The number of pyridine rings is 1. The highest BCUT2D eigenvalue weighted by Gasteiger charge is 2.19. The number of aryl methyl sites for hydroxylation is 2. The lowest BCUT2D eigenvalue weighted by molar-refractivity contribution is -0.645. The Bertz CT molecular complexity index is 555. The molecule has 84 valence electrons. The second-order valence-electron chi connectivity index (χ2n) is 3.54. The van der Waals surface area contributed by atoms with Crippen LogP contribution in [0.25, 0.3) is 10.9 Å². The van der Waals surface area contributed by atoms with Crippen molar-refractivity contribution in [1.82, 2.24) is 0 Å². The van der Waals surface area contributed by atoms with Crippen LogP contribution in [0.3, 0.4) is 0 Å². The Labute approximate surface area is 110 Å². The van der Waals surface area contributed by atoms with Crippen molar-refractivity contribution in [2.24, 2.45) is 7.05 Å². The SMILES string of the molecule is Cc1ccc2c(ccc[n+]2C)c1[N+](=O)[O-].[I-]. The lowest BCUT2D eigenvalue weighted by Gasteiger charge is -2.00. The zero-order chi connectivity index (χ0) is 11.0. The average molecular weight is 330 g/mol. The van der Waals surface area contributed by atoms with Gasteiger partial charge >= 0.3 is 0 Å². The van der Waals surface area contributed by atoms with Crippen LogP contribution in [0.1, 0.15) is 5.56 Å². The van der Waals surface area contributed by atoms with Gasteiger partial charge in [0.15, 0.2) is 6.20 Å². The summed E-state index contributed by atoms with van der Waals surface area (Å²) in [5.74, 6) is 0. The Morgan fingerprint density at radius 2 is 2.00 bits per heavy atom. The summed E-state index contributed by atoms with van der Waals surface area (Å²) < 4.78 is 1.88. The van der Waals surface area contributed by atoms with Gasteiger partial charge in [0.1, 0.15) is 12.4 Å². The lowest BCUT2D eigenvalue weighted by Crippen LogP contribution is -3.00. The van der Waals surface area contributed by atoms with Crippen LogP contribution in [-0.4, -0.2) is 4.92 Å². The minimum Gasteiger partial charge on any atom is -1.00 e. The molecule has 1 aromatic carbocycles. The number of nitrogens with zero attached hydrogens (tertiary/aromatic N) is 2.